The maximum atomic E-state index is 12.6. The molecule has 2 aromatic carbocycles. The Morgan fingerprint density at radius 3 is 2.57 bits per heavy atom. The molecule has 1 fully saturated rings. The summed E-state index contributed by atoms with van der Waals surface area (Å²) in [5, 5.41) is 10.3. The number of likely N-dealkylation sites (N-methyl/N-ethyl adjacent to an activating group) is 1. The summed E-state index contributed by atoms with van der Waals surface area (Å²) >= 11 is 0. The second-order valence-corrected chi connectivity index (χ2v) is 7.24. The zero-order valence-electron chi connectivity index (χ0n) is 17.5. The number of benzene rings is 2. The van der Waals surface area contributed by atoms with Crippen LogP contribution in [0.15, 0.2) is 48.5 Å². The second kappa shape index (κ2) is 11.7. The smallest absolute Gasteiger partial charge is 0.331 e. The molecule has 1 saturated heterocycles. The van der Waals surface area contributed by atoms with E-state index in [4.69, 9.17) is 4.74 Å². The van der Waals surface area contributed by atoms with Gasteiger partial charge in [0, 0.05) is 52.1 Å². The van der Waals surface area contributed by atoms with Gasteiger partial charge in [0.2, 0.25) is 0 Å². The van der Waals surface area contributed by atoms with Crippen LogP contribution in [0.5, 0.6) is 0 Å². The SMILES string of the molecule is CCCCC(O)c1ccc(N2C(=O)N(C)C(=O)C2COCc2c[c-]ccc2)cc1.[Y]. The number of ether oxygens (including phenoxy) is 1. The summed E-state index contributed by atoms with van der Waals surface area (Å²) in [5.41, 5.74) is 2.37. The van der Waals surface area contributed by atoms with Gasteiger partial charge in [-0.3, -0.25) is 14.6 Å². The fraction of sp³-hybridized carbons (Fsp3) is 0.391. The van der Waals surface area contributed by atoms with Gasteiger partial charge in [0.15, 0.2) is 0 Å². The van der Waals surface area contributed by atoms with Crippen molar-refractivity contribution >= 4 is 17.6 Å². The Morgan fingerprint density at radius 2 is 1.93 bits per heavy atom. The van der Waals surface area contributed by atoms with Crippen molar-refractivity contribution in [3.05, 3.63) is 65.7 Å². The van der Waals surface area contributed by atoms with Crippen molar-refractivity contribution in [3.63, 3.8) is 0 Å². The van der Waals surface area contributed by atoms with Gasteiger partial charge in [-0.15, -0.1) is 5.56 Å². The third-order valence-electron chi connectivity index (χ3n) is 5.12. The Morgan fingerprint density at radius 1 is 1.20 bits per heavy atom. The summed E-state index contributed by atoms with van der Waals surface area (Å²) in [6.07, 6.45) is 2.15. The zero-order chi connectivity index (χ0) is 20.8. The van der Waals surface area contributed by atoms with Gasteiger partial charge in [-0.2, -0.15) is 30.3 Å². The minimum atomic E-state index is -0.712. The van der Waals surface area contributed by atoms with Crippen molar-refractivity contribution in [1.29, 1.82) is 0 Å². The van der Waals surface area contributed by atoms with E-state index in [9.17, 15) is 14.7 Å². The van der Waals surface area contributed by atoms with Gasteiger partial charge in [0.25, 0.3) is 5.91 Å². The molecule has 0 aromatic heterocycles. The Balaban J connectivity index is 0.00000320. The van der Waals surface area contributed by atoms with E-state index in [1.165, 1.54) is 11.9 Å². The standard InChI is InChI=1S/C23H27N2O4.Y/c1-3-4-10-21(26)18-11-13-19(14-12-18)25-20(22(27)24(2)23(25)28)16-29-15-17-8-6-5-7-9-17;/h5-6,8-9,11-14,20-21,26H,3-4,10,15-16H2,1-2H3;/q-1;. The number of anilines is 1. The average molecular weight is 484 g/mol. The van der Waals surface area contributed by atoms with Crippen molar-refractivity contribution in [2.45, 2.75) is 44.9 Å². The van der Waals surface area contributed by atoms with Crippen LogP contribution in [-0.2, 0) is 48.8 Å². The molecule has 30 heavy (non-hydrogen) atoms. The first kappa shape index (κ1) is 24.7. The third-order valence-corrected chi connectivity index (χ3v) is 5.12. The maximum Gasteiger partial charge on any atom is 0.331 e. The number of imide groups is 1. The molecule has 2 atom stereocenters. The number of carbonyl (C=O) groups excluding carboxylic acids is 2. The van der Waals surface area contributed by atoms with Crippen molar-refractivity contribution in [3.8, 4) is 0 Å². The first-order valence-corrected chi connectivity index (χ1v) is 9.94. The van der Waals surface area contributed by atoms with E-state index in [0.717, 1.165) is 28.9 Å². The van der Waals surface area contributed by atoms with Crippen molar-refractivity contribution in [2.75, 3.05) is 18.6 Å². The molecule has 7 heteroatoms. The van der Waals surface area contributed by atoms with E-state index >= 15 is 0 Å². The number of aliphatic hydroxyl groups excluding tert-OH is 1. The average Bonchev–Trinajstić information content (AvgIpc) is 2.96. The van der Waals surface area contributed by atoms with E-state index in [0.29, 0.717) is 18.7 Å². The molecule has 157 valence electrons. The fourth-order valence-electron chi connectivity index (χ4n) is 3.39. The minimum absolute atomic E-state index is 0. The summed E-state index contributed by atoms with van der Waals surface area (Å²) in [6.45, 7) is 2.53. The van der Waals surface area contributed by atoms with Gasteiger partial charge in [-0.05, 0) is 24.1 Å². The van der Waals surface area contributed by atoms with Crippen LogP contribution in [0.2, 0.25) is 0 Å². The monoisotopic (exact) mass is 484 g/mol. The van der Waals surface area contributed by atoms with E-state index in [2.05, 4.69) is 13.0 Å². The van der Waals surface area contributed by atoms with Crippen LogP contribution in [0, 0.1) is 6.07 Å². The van der Waals surface area contributed by atoms with Gasteiger partial charge >= 0.3 is 6.03 Å². The van der Waals surface area contributed by atoms with E-state index in [-0.39, 0.29) is 51.3 Å². The Kier molecular flexibility index (Phi) is 9.62. The summed E-state index contributed by atoms with van der Waals surface area (Å²) < 4.78 is 5.73. The summed E-state index contributed by atoms with van der Waals surface area (Å²) in [6, 6.07) is 16.5. The van der Waals surface area contributed by atoms with Gasteiger partial charge < -0.3 is 9.84 Å². The predicted octanol–water partition coefficient (Wildman–Crippen LogP) is 3.69. The summed E-state index contributed by atoms with van der Waals surface area (Å²) in [7, 11) is 1.48. The number of unbranched alkanes of at least 4 members (excludes halogenated alkanes) is 1. The molecule has 0 aliphatic carbocycles. The molecular weight excluding hydrogens is 457 g/mol. The quantitative estimate of drug-likeness (QED) is 0.436. The number of aliphatic hydroxyl groups is 1. The molecule has 2 aromatic rings. The molecule has 1 aliphatic heterocycles. The summed E-state index contributed by atoms with van der Waals surface area (Å²) in [4.78, 5) is 27.8. The maximum absolute atomic E-state index is 12.6. The second-order valence-electron chi connectivity index (χ2n) is 7.24. The molecule has 3 amide bonds. The minimum Gasteiger partial charge on any atom is -0.388 e. The predicted molar refractivity (Wildman–Crippen MR) is 110 cm³/mol. The van der Waals surface area contributed by atoms with Crippen LogP contribution in [0.4, 0.5) is 10.5 Å². The van der Waals surface area contributed by atoms with Crippen molar-refractivity contribution in [2.24, 2.45) is 0 Å². The molecule has 1 N–H and O–H groups in total. The number of hydrogen-bond donors (Lipinski definition) is 1. The van der Waals surface area contributed by atoms with Crippen molar-refractivity contribution < 1.29 is 52.1 Å². The first-order chi connectivity index (χ1) is 14.0. The molecule has 0 spiro atoms. The molecule has 6 nitrogen and oxygen atoms in total. The van der Waals surface area contributed by atoms with Gasteiger partial charge in [0.1, 0.15) is 6.04 Å². The number of urea groups is 1. The molecule has 1 heterocycles. The number of hydrogen-bond acceptors (Lipinski definition) is 4. The van der Waals surface area contributed by atoms with Crippen LogP contribution in [-0.4, -0.2) is 41.6 Å². The van der Waals surface area contributed by atoms with Crippen LogP contribution in [0.1, 0.15) is 43.4 Å². The molecule has 2 unspecified atom stereocenters. The number of rotatable bonds is 9. The normalized spacial score (nSPS) is 17.2. The van der Waals surface area contributed by atoms with Gasteiger partial charge in [-0.25, -0.2) is 4.79 Å². The number of amides is 3. The van der Waals surface area contributed by atoms with E-state index < -0.39 is 12.1 Å². The number of nitrogens with zero attached hydrogens (tertiary/aromatic N) is 2. The van der Waals surface area contributed by atoms with E-state index in [1.807, 2.05) is 36.4 Å². The van der Waals surface area contributed by atoms with Crippen molar-refractivity contribution in [1.82, 2.24) is 4.90 Å². The molecule has 0 bridgehead atoms. The van der Waals surface area contributed by atoms with Crippen LogP contribution in [0.25, 0.3) is 0 Å². The molecule has 1 aliphatic rings. The first-order valence-electron chi connectivity index (χ1n) is 9.94. The number of carbonyl (C=O) groups is 2. The molecular formula is C23H27N2O4Y-. The van der Waals surface area contributed by atoms with Gasteiger partial charge in [-0.1, -0.05) is 31.9 Å². The van der Waals surface area contributed by atoms with Gasteiger partial charge in [0.05, 0.1) is 12.7 Å². The zero-order valence-corrected chi connectivity index (χ0v) is 20.3. The van der Waals surface area contributed by atoms with Crippen LogP contribution in [0.3, 0.4) is 0 Å². The topological polar surface area (TPSA) is 70.1 Å². The Labute approximate surface area is 203 Å². The summed E-state index contributed by atoms with van der Waals surface area (Å²) in [5.74, 6) is -0.290. The largest absolute Gasteiger partial charge is 0.388 e. The Bertz CT molecular complexity index is 829. The molecule has 3 rings (SSSR count). The fourth-order valence-corrected chi connectivity index (χ4v) is 3.39. The molecule has 1 radical (unpaired) electrons. The third kappa shape index (κ3) is 5.76. The van der Waals surface area contributed by atoms with E-state index in [1.54, 1.807) is 12.1 Å². The van der Waals surface area contributed by atoms with Crippen LogP contribution < -0.4 is 4.90 Å². The molecule has 0 saturated carbocycles. The Hall–Kier alpha value is -1.60. The van der Waals surface area contributed by atoms with Crippen LogP contribution >= 0.6 is 0 Å².